The second kappa shape index (κ2) is 14.2. The van der Waals surface area contributed by atoms with E-state index in [0.717, 1.165) is 61.1 Å². The summed E-state index contributed by atoms with van der Waals surface area (Å²) < 4.78 is 11.3. The molecule has 4 nitrogen and oxygen atoms in total. The van der Waals surface area contributed by atoms with Crippen LogP contribution in [-0.2, 0) is 0 Å². The van der Waals surface area contributed by atoms with Gasteiger partial charge in [-0.3, -0.25) is 0 Å². The number of nitrogens with zero attached hydrogens (tertiary/aromatic N) is 3. The van der Waals surface area contributed by atoms with Crippen molar-refractivity contribution in [1.29, 1.82) is 0 Å². The van der Waals surface area contributed by atoms with E-state index < -0.39 is 0 Å². The molecule has 0 N–H and O–H groups in total. The molecule has 5 heteroatoms. The van der Waals surface area contributed by atoms with Crippen molar-refractivity contribution in [3.63, 3.8) is 0 Å². The number of benzene rings is 9. The van der Waals surface area contributed by atoms with Gasteiger partial charge in [0.1, 0.15) is 11.2 Å². The maximum Gasteiger partial charge on any atom is 0.160 e. The first-order valence-electron chi connectivity index (χ1n) is 21.2. The monoisotopic (exact) mass is 821 g/mol. The van der Waals surface area contributed by atoms with Crippen molar-refractivity contribution in [1.82, 2.24) is 14.5 Å². The van der Waals surface area contributed by atoms with Crippen LogP contribution in [0.5, 0.6) is 0 Å². The molecule has 0 unspecified atom stereocenters. The number of aromatic nitrogens is 3. The number of thiophene rings is 1. The predicted octanol–water partition coefficient (Wildman–Crippen LogP) is 16.2. The zero-order valence-electron chi connectivity index (χ0n) is 33.9. The van der Waals surface area contributed by atoms with Gasteiger partial charge in [-0.1, -0.05) is 176 Å². The third-order valence-electron chi connectivity index (χ3n) is 12.5. The first-order chi connectivity index (χ1) is 31.2. The summed E-state index contributed by atoms with van der Waals surface area (Å²) >= 11 is 1.84. The molecule has 4 aromatic heterocycles. The third-order valence-corrected chi connectivity index (χ3v) is 13.7. The van der Waals surface area contributed by atoms with E-state index in [4.69, 9.17) is 14.4 Å². The van der Waals surface area contributed by atoms with Crippen LogP contribution < -0.4 is 0 Å². The molecule has 4 heterocycles. The minimum Gasteiger partial charge on any atom is -0.455 e. The van der Waals surface area contributed by atoms with Gasteiger partial charge in [-0.05, 0) is 53.1 Å². The number of para-hydroxylation sites is 3. The molecule has 0 aliphatic rings. The van der Waals surface area contributed by atoms with Crippen LogP contribution in [-0.4, -0.2) is 14.5 Å². The maximum atomic E-state index is 6.38. The van der Waals surface area contributed by atoms with Gasteiger partial charge >= 0.3 is 0 Å². The summed E-state index contributed by atoms with van der Waals surface area (Å²) in [6.45, 7) is 0. The Balaban J connectivity index is 0.936. The molecule has 0 spiro atoms. The quantitative estimate of drug-likeness (QED) is 0.168. The molecule has 13 aromatic rings. The highest BCUT2D eigenvalue weighted by atomic mass is 32.1. The number of hydrogen-bond acceptors (Lipinski definition) is 4. The van der Waals surface area contributed by atoms with Crippen LogP contribution in [0.3, 0.4) is 0 Å². The Morgan fingerprint density at radius 2 is 0.968 bits per heavy atom. The zero-order chi connectivity index (χ0) is 41.4. The van der Waals surface area contributed by atoms with E-state index >= 15 is 0 Å². The number of furan rings is 1. The average molecular weight is 822 g/mol. The summed E-state index contributed by atoms with van der Waals surface area (Å²) in [4.78, 5) is 10.3. The Morgan fingerprint density at radius 3 is 1.79 bits per heavy atom. The van der Waals surface area contributed by atoms with Crippen molar-refractivity contribution < 1.29 is 4.42 Å². The van der Waals surface area contributed by atoms with Gasteiger partial charge in [0, 0.05) is 59.3 Å². The van der Waals surface area contributed by atoms with E-state index in [9.17, 15) is 0 Å². The number of rotatable bonds is 6. The largest absolute Gasteiger partial charge is 0.455 e. The van der Waals surface area contributed by atoms with Gasteiger partial charge in [0.15, 0.2) is 5.82 Å². The predicted molar refractivity (Wildman–Crippen MR) is 264 cm³/mol. The molecule has 0 saturated heterocycles. The smallest absolute Gasteiger partial charge is 0.160 e. The molecule has 0 fully saturated rings. The molecule has 294 valence electrons. The Labute approximate surface area is 366 Å². The van der Waals surface area contributed by atoms with Gasteiger partial charge in [0.25, 0.3) is 0 Å². The van der Waals surface area contributed by atoms with Crippen LogP contribution in [0.15, 0.2) is 217 Å². The van der Waals surface area contributed by atoms with Gasteiger partial charge in [-0.25, -0.2) is 9.97 Å². The van der Waals surface area contributed by atoms with Crippen molar-refractivity contribution >= 4 is 75.3 Å². The van der Waals surface area contributed by atoms with Crippen LogP contribution in [0.25, 0.3) is 126 Å². The van der Waals surface area contributed by atoms with Crippen molar-refractivity contribution in [3.8, 4) is 61.8 Å². The van der Waals surface area contributed by atoms with E-state index in [0.29, 0.717) is 5.82 Å². The van der Waals surface area contributed by atoms with Crippen molar-refractivity contribution in [2.75, 3.05) is 0 Å². The highest BCUT2D eigenvalue weighted by molar-refractivity contribution is 7.26. The van der Waals surface area contributed by atoms with E-state index in [1.54, 1.807) is 0 Å². The molecule has 0 aliphatic heterocycles. The molecular weight excluding hydrogens is 787 g/mol. The standard InChI is InChI=1S/C58H35N3OS/c1-3-14-38(15-4-1)49-35-50(60-58(59-49)39-16-5-2-6-17-39)47-24-12-22-45-46-23-13-26-53(57(46)63-56(45)47)61-51-25-9-7-18-42(51)48-34-40(32-33-52(48)61)36-28-30-37(31-29-36)41-20-11-21-44-43-19-8-10-27-54(43)62-55(41)44/h1-35H. The second-order valence-corrected chi connectivity index (χ2v) is 17.1. The first kappa shape index (κ1) is 35.6. The highest BCUT2D eigenvalue weighted by Crippen LogP contribution is 2.45. The SMILES string of the molecule is c1ccc(-c2cc(-c3cccc4c3sc3c(-n5c6ccccc6c6cc(-c7ccc(-c8cccc9c8oc8ccccc89)cc7)ccc65)cccc34)nc(-c3ccccc3)n2)cc1. The lowest BCUT2D eigenvalue weighted by Gasteiger charge is -2.10. The third kappa shape index (κ3) is 5.74. The fourth-order valence-corrected chi connectivity index (χ4v) is 10.8. The van der Waals surface area contributed by atoms with Crippen molar-refractivity contribution in [2.24, 2.45) is 0 Å². The minimum atomic E-state index is 0.714. The van der Waals surface area contributed by atoms with Gasteiger partial charge in [0.05, 0.1) is 32.8 Å². The first-order valence-corrected chi connectivity index (χ1v) is 22.0. The lowest BCUT2D eigenvalue weighted by molar-refractivity contribution is 0.670. The minimum absolute atomic E-state index is 0.714. The van der Waals surface area contributed by atoms with E-state index in [1.165, 1.54) is 58.8 Å². The average Bonchev–Trinajstić information content (AvgIpc) is 4.04. The van der Waals surface area contributed by atoms with Crippen LogP contribution in [0.2, 0.25) is 0 Å². The second-order valence-electron chi connectivity index (χ2n) is 16.1. The molecule has 9 aromatic carbocycles. The maximum absolute atomic E-state index is 6.38. The molecule has 0 bridgehead atoms. The molecular formula is C58H35N3OS. The Morgan fingerprint density at radius 1 is 0.365 bits per heavy atom. The van der Waals surface area contributed by atoms with E-state index in [2.05, 4.69) is 180 Å². The fourth-order valence-electron chi connectivity index (χ4n) is 9.47. The van der Waals surface area contributed by atoms with Crippen molar-refractivity contribution in [3.05, 3.63) is 212 Å². The number of fused-ring (bicyclic) bond motifs is 9. The zero-order valence-corrected chi connectivity index (χ0v) is 34.7. The van der Waals surface area contributed by atoms with Gasteiger partial charge in [0.2, 0.25) is 0 Å². The van der Waals surface area contributed by atoms with Gasteiger partial charge in [-0.2, -0.15) is 0 Å². The molecule has 0 saturated carbocycles. The lowest BCUT2D eigenvalue weighted by atomic mass is 9.98. The molecule has 0 atom stereocenters. The highest BCUT2D eigenvalue weighted by Gasteiger charge is 2.20. The van der Waals surface area contributed by atoms with Crippen LogP contribution in [0, 0.1) is 0 Å². The lowest BCUT2D eigenvalue weighted by Crippen LogP contribution is -1.95. The van der Waals surface area contributed by atoms with E-state index in [-0.39, 0.29) is 0 Å². The van der Waals surface area contributed by atoms with Gasteiger partial charge in [-0.15, -0.1) is 11.3 Å². The Kier molecular flexibility index (Phi) is 8.05. The Bertz CT molecular complexity index is 3840. The molecule has 0 aliphatic carbocycles. The topological polar surface area (TPSA) is 43.9 Å². The molecule has 13 rings (SSSR count). The fraction of sp³-hybridized carbons (Fsp3) is 0. The summed E-state index contributed by atoms with van der Waals surface area (Å²) in [6.07, 6.45) is 0. The normalized spacial score (nSPS) is 11.8. The van der Waals surface area contributed by atoms with Crippen LogP contribution in [0.1, 0.15) is 0 Å². The Hall–Kier alpha value is -8.12. The summed E-state index contributed by atoms with van der Waals surface area (Å²) in [6, 6.07) is 75.4. The number of hydrogen-bond donors (Lipinski definition) is 0. The summed E-state index contributed by atoms with van der Waals surface area (Å²) in [5.74, 6) is 0.714. The summed E-state index contributed by atoms with van der Waals surface area (Å²) in [7, 11) is 0. The summed E-state index contributed by atoms with van der Waals surface area (Å²) in [5, 5.41) is 7.19. The van der Waals surface area contributed by atoms with Crippen molar-refractivity contribution in [2.45, 2.75) is 0 Å². The van der Waals surface area contributed by atoms with Crippen LogP contribution >= 0.6 is 11.3 Å². The molecule has 63 heavy (non-hydrogen) atoms. The van der Waals surface area contributed by atoms with Crippen LogP contribution in [0.4, 0.5) is 0 Å². The molecule has 0 amide bonds. The summed E-state index contributed by atoms with van der Waals surface area (Å²) in [5.41, 5.74) is 14.9. The van der Waals surface area contributed by atoms with E-state index in [1.807, 2.05) is 47.7 Å². The van der Waals surface area contributed by atoms with Gasteiger partial charge < -0.3 is 8.98 Å². The molecule has 0 radical (unpaired) electrons.